The van der Waals surface area contributed by atoms with Gasteiger partial charge in [0.2, 0.25) is 0 Å². The van der Waals surface area contributed by atoms with Gasteiger partial charge in [0.1, 0.15) is 5.00 Å². The Labute approximate surface area is 213 Å². The minimum atomic E-state index is -0.297. The largest absolute Gasteiger partial charge is 0.462 e. The van der Waals surface area contributed by atoms with Crippen molar-refractivity contribution in [2.24, 2.45) is 0 Å². The van der Waals surface area contributed by atoms with Crippen LogP contribution >= 0.6 is 23.6 Å². The van der Waals surface area contributed by atoms with Gasteiger partial charge < -0.3 is 25.0 Å². The molecule has 9 nitrogen and oxygen atoms in total. The summed E-state index contributed by atoms with van der Waals surface area (Å²) < 4.78 is 15.9. The third-order valence-corrected chi connectivity index (χ3v) is 7.78. The number of esters is 1. The highest BCUT2D eigenvalue weighted by molar-refractivity contribution is 7.80. The number of anilines is 3. The highest BCUT2D eigenvalue weighted by Crippen LogP contribution is 2.38. The Morgan fingerprint density at radius 2 is 1.89 bits per heavy atom. The summed E-state index contributed by atoms with van der Waals surface area (Å²) in [7, 11) is 0. The summed E-state index contributed by atoms with van der Waals surface area (Å²) in [5.74, 6) is -0.297. The molecule has 3 aromatic rings. The fourth-order valence-corrected chi connectivity index (χ4v) is 6.26. The zero-order chi connectivity index (χ0) is 24.2. The Bertz CT molecular complexity index is 1220. The molecule has 0 saturated carbocycles. The van der Waals surface area contributed by atoms with Gasteiger partial charge >= 0.3 is 5.97 Å². The molecule has 3 heterocycles. The molecule has 35 heavy (non-hydrogen) atoms. The molecule has 0 radical (unpaired) electrons. The van der Waals surface area contributed by atoms with Crippen molar-refractivity contribution in [1.82, 2.24) is 10.3 Å². The van der Waals surface area contributed by atoms with Crippen molar-refractivity contribution in [2.75, 3.05) is 48.4 Å². The summed E-state index contributed by atoms with van der Waals surface area (Å²) in [6.07, 6.45) is 6.47. The number of ether oxygens (including phenoxy) is 2. The number of morpholine rings is 1. The second-order valence-electron chi connectivity index (χ2n) is 8.61. The first kappa shape index (κ1) is 24.0. The zero-order valence-corrected chi connectivity index (χ0v) is 21.4. The lowest BCUT2D eigenvalue weighted by molar-refractivity contribution is 0.0526. The first-order valence-corrected chi connectivity index (χ1v) is 13.4. The van der Waals surface area contributed by atoms with E-state index in [0.29, 0.717) is 47.2 Å². The maximum absolute atomic E-state index is 12.9. The molecule has 0 unspecified atom stereocenters. The number of benzene rings is 1. The average molecular weight is 516 g/mol. The van der Waals surface area contributed by atoms with Crippen molar-refractivity contribution in [3.8, 4) is 0 Å². The lowest BCUT2D eigenvalue weighted by Gasteiger charge is -2.28. The van der Waals surface area contributed by atoms with Crippen LogP contribution in [0.3, 0.4) is 0 Å². The minimum Gasteiger partial charge on any atom is -0.462 e. The van der Waals surface area contributed by atoms with E-state index in [2.05, 4.69) is 25.8 Å². The molecule has 11 heteroatoms. The van der Waals surface area contributed by atoms with Crippen LogP contribution in [0.25, 0.3) is 11.0 Å². The van der Waals surface area contributed by atoms with Crippen molar-refractivity contribution in [1.29, 1.82) is 0 Å². The van der Waals surface area contributed by atoms with Gasteiger partial charge in [0, 0.05) is 18.0 Å². The fraction of sp³-hybridized carbons (Fsp3) is 0.500. The normalized spacial score (nSPS) is 16.3. The molecule has 2 aliphatic rings. The molecule has 1 saturated heterocycles. The molecule has 1 aliphatic carbocycles. The third kappa shape index (κ3) is 5.12. The fourth-order valence-electron chi connectivity index (χ4n) is 4.70. The van der Waals surface area contributed by atoms with Crippen LogP contribution < -0.4 is 15.5 Å². The highest BCUT2D eigenvalue weighted by atomic mass is 32.1. The minimum absolute atomic E-state index is 0.297. The number of fused-ring (bicyclic) bond motifs is 2. The van der Waals surface area contributed by atoms with Gasteiger partial charge in [-0.15, -0.1) is 11.3 Å². The number of rotatable bonds is 5. The number of hydrogen-bond acceptors (Lipinski definition) is 9. The quantitative estimate of drug-likeness (QED) is 0.365. The summed E-state index contributed by atoms with van der Waals surface area (Å²) in [5.41, 5.74) is 4.64. The standard InChI is InChI=1S/C24H29N5O4S2/c1-2-32-23(30)19-15-7-5-3-4-6-8-18(15)35-22(19)26-24(34)25-16-9-10-17(21-20(16)27-33-28-21)29-11-13-31-14-12-29/h9-10H,2-8,11-14H2,1H3,(H2,25,26,34). The second-order valence-corrected chi connectivity index (χ2v) is 10.1. The van der Waals surface area contributed by atoms with Crippen LogP contribution in [0.1, 0.15) is 53.4 Å². The molecule has 2 aromatic heterocycles. The van der Waals surface area contributed by atoms with E-state index in [9.17, 15) is 4.79 Å². The van der Waals surface area contributed by atoms with Gasteiger partial charge in [-0.25, -0.2) is 9.42 Å². The number of aromatic nitrogens is 2. The maximum Gasteiger partial charge on any atom is 0.341 e. The van der Waals surface area contributed by atoms with E-state index in [4.69, 9.17) is 26.3 Å². The third-order valence-electron chi connectivity index (χ3n) is 6.37. The second kappa shape index (κ2) is 10.9. The van der Waals surface area contributed by atoms with Crippen LogP contribution in [0.15, 0.2) is 16.8 Å². The number of carbonyl (C=O) groups is 1. The van der Waals surface area contributed by atoms with E-state index in [1.165, 1.54) is 17.7 Å². The lowest BCUT2D eigenvalue weighted by atomic mass is 9.96. The van der Waals surface area contributed by atoms with Gasteiger partial charge in [-0.2, -0.15) is 0 Å². The zero-order valence-electron chi connectivity index (χ0n) is 19.7. The Morgan fingerprint density at radius 3 is 2.69 bits per heavy atom. The van der Waals surface area contributed by atoms with Crippen LogP contribution in [-0.2, 0) is 22.3 Å². The van der Waals surface area contributed by atoms with Crippen molar-refractivity contribution >= 4 is 62.0 Å². The number of hydrogen-bond donors (Lipinski definition) is 2. The summed E-state index contributed by atoms with van der Waals surface area (Å²) in [4.78, 5) is 16.4. The number of thiocarbonyl (C=S) groups is 1. The van der Waals surface area contributed by atoms with Gasteiger partial charge in [0.15, 0.2) is 16.1 Å². The number of carbonyl (C=O) groups excluding carboxylic acids is 1. The van der Waals surface area contributed by atoms with Crippen molar-refractivity contribution in [3.63, 3.8) is 0 Å². The Balaban J connectivity index is 1.39. The van der Waals surface area contributed by atoms with Gasteiger partial charge in [-0.3, -0.25) is 0 Å². The van der Waals surface area contributed by atoms with E-state index in [1.807, 2.05) is 19.1 Å². The molecular weight excluding hydrogens is 486 g/mol. The highest BCUT2D eigenvalue weighted by Gasteiger charge is 2.26. The Morgan fingerprint density at radius 1 is 1.11 bits per heavy atom. The summed E-state index contributed by atoms with van der Waals surface area (Å²) >= 11 is 7.24. The number of aryl methyl sites for hydroxylation is 1. The van der Waals surface area contributed by atoms with Crippen molar-refractivity contribution < 1.29 is 18.9 Å². The molecule has 0 bridgehead atoms. The van der Waals surface area contributed by atoms with E-state index < -0.39 is 0 Å². The monoisotopic (exact) mass is 515 g/mol. The van der Waals surface area contributed by atoms with Crippen LogP contribution in [0.5, 0.6) is 0 Å². The van der Waals surface area contributed by atoms with Crippen LogP contribution in [0.4, 0.5) is 16.4 Å². The summed E-state index contributed by atoms with van der Waals surface area (Å²) in [6.45, 7) is 5.08. The molecule has 186 valence electrons. The molecule has 0 amide bonds. The van der Waals surface area contributed by atoms with Crippen LogP contribution in [-0.4, -0.2) is 54.3 Å². The Hall–Kier alpha value is -2.76. The first-order valence-electron chi connectivity index (χ1n) is 12.1. The van der Waals surface area contributed by atoms with Gasteiger partial charge in [-0.05, 0) is 72.8 Å². The molecule has 1 aliphatic heterocycles. The van der Waals surface area contributed by atoms with Gasteiger partial charge in [-0.1, -0.05) is 12.8 Å². The maximum atomic E-state index is 12.9. The topological polar surface area (TPSA) is 102 Å². The predicted octanol–water partition coefficient (Wildman–Crippen LogP) is 4.77. The predicted molar refractivity (Wildman–Crippen MR) is 141 cm³/mol. The molecule has 0 spiro atoms. The average Bonchev–Trinajstić information content (AvgIpc) is 3.45. The summed E-state index contributed by atoms with van der Waals surface area (Å²) in [6, 6.07) is 3.91. The molecular formula is C24H29N5O4S2. The number of nitrogens with one attached hydrogen (secondary N) is 2. The SMILES string of the molecule is CCOC(=O)c1c(NC(=S)Nc2ccc(N3CCOCC3)c3nonc23)sc2c1CCCCCC2. The van der Waals surface area contributed by atoms with Crippen molar-refractivity contribution in [3.05, 3.63) is 28.1 Å². The van der Waals surface area contributed by atoms with Gasteiger partial charge in [0.05, 0.1) is 36.8 Å². The van der Waals surface area contributed by atoms with E-state index in [-0.39, 0.29) is 5.97 Å². The Kier molecular flexibility index (Phi) is 7.45. The van der Waals surface area contributed by atoms with E-state index >= 15 is 0 Å². The molecule has 5 rings (SSSR count). The lowest BCUT2D eigenvalue weighted by Crippen LogP contribution is -2.36. The smallest absolute Gasteiger partial charge is 0.341 e. The van der Waals surface area contributed by atoms with Gasteiger partial charge in [0.25, 0.3) is 0 Å². The van der Waals surface area contributed by atoms with Crippen LogP contribution in [0.2, 0.25) is 0 Å². The molecule has 1 fully saturated rings. The van der Waals surface area contributed by atoms with Crippen molar-refractivity contribution in [2.45, 2.75) is 45.4 Å². The summed E-state index contributed by atoms with van der Waals surface area (Å²) in [5, 5.41) is 15.8. The van der Waals surface area contributed by atoms with E-state index in [1.54, 1.807) is 11.3 Å². The molecule has 2 N–H and O–H groups in total. The number of nitrogens with zero attached hydrogens (tertiary/aromatic N) is 3. The number of thiophene rings is 1. The first-order chi connectivity index (χ1) is 17.2. The van der Waals surface area contributed by atoms with E-state index in [0.717, 1.165) is 55.0 Å². The van der Waals surface area contributed by atoms with Crippen LogP contribution in [0, 0.1) is 0 Å². The molecule has 1 aromatic carbocycles. The molecule has 0 atom stereocenters.